The van der Waals surface area contributed by atoms with Crippen LogP contribution in [0.4, 0.5) is 10.2 Å². The molecule has 0 unspecified atom stereocenters. The number of hydrogen-bond acceptors (Lipinski definition) is 3. The van der Waals surface area contributed by atoms with Gasteiger partial charge in [0.2, 0.25) is 11.9 Å². The zero-order chi connectivity index (χ0) is 15.5. The number of aromatic nitrogens is 4. The second-order valence-corrected chi connectivity index (χ2v) is 4.82. The Morgan fingerprint density at radius 1 is 1.32 bits per heavy atom. The normalized spacial score (nSPS) is 10.6. The summed E-state index contributed by atoms with van der Waals surface area (Å²) < 4.78 is 16.5. The number of hydrogen-bond donors (Lipinski definition) is 1. The number of aryl methyl sites for hydroxylation is 1. The molecule has 3 aromatic heterocycles. The number of amides is 1. The summed E-state index contributed by atoms with van der Waals surface area (Å²) in [6.07, 6.45) is 5.16. The first-order valence-corrected chi connectivity index (χ1v) is 6.69. The monoisotopic (exact) mass is 299 g/mol. The van der Waals surface area contributed by atoms with Gasteiger partial charge in [-0.15, -0.1) is 0 Å². The third-order valence-electron chi connectivity index (χ3n) is 3.22. The van der Waals surface area contributed by atoms with E-state index in [1.54, 1.807) is 18.3 Å². The van der Waals surface area contributed by atoms with E-state index in [-0.39, 0.29) is 12.3 Å². The second-order valence-electron chi connectivity index (χ2n) is 4.82. The van der Waals surface area contributed by atoms with Gasteiger partial charge in [-0.25, -0.2) is 9.67 Å². The van der Waals surface area contributed by atoms with Crippen molar-refractivity contribution < 1.29 is 9.18 Å². The Kier molecular flexibility index (Phi) is 3.69. The third-order valence-corrected chi connectivity index (χ3v) is 3.22. The lowest BCUT2D eigenvalue weighted by Gasteiger charge is -2.04. The van der Waals surface area contributed by atoms with Crippen molar-refractivity contribution in [2.45, 2.75) is 6.42 Å². The van der Waals surface area contributed by atoms with Crippen molar-refractivity contribution in [3.8, 4) is 5.69 Å². The van der Waals surface area contributed by atoms with Gasteiger partial charge in [-0.1, -0.05) is 0 Å². The fourth-order valence-electron chi connectivity index (χ4n) is 2.10. The van der Waals surface area contributed by atoms with E-state index in [1.807, 2.05) is 29.9 Å². The lowest BCUT2D eigenvalue weighted by Crippen LogP contribution is -2.16. The van der Waals surface area contributed by atoms with Crippen LogP contribution in [0, 0.1) is 5.95 Å². The molecule has 0 saturated carbocycles. The third kappa shape index (κ3) is 3.03. The number of carbonyl (C=O) groups is 1. The fourth-order valence-corrected chi connectivity index (χ4v) is 2.10. The van der Waals surface area contributed by atoms with E-state index in [4.69, 9.17) is 0 Å². The second kappa shape index (κ2) is 5.80. The van der Waals surface area contributed by atoms with Crippen molar-refractivity contribution >= 4 is 11.7 Å². The summed E-state index contributed by atoms with van der Waals surface area (Å²) in [5.74, 6) is -0.327. The Morgan fingerprint density at radius 3 is 2.91 bits per heavy atom. The Hall–Kier alpha value is -2.96. The van der Waals surface area contributed by atoms with Crippen molar-refractivity contribution in [2.24, 2.45) is 7.05 Å². The summed E-state index contributed by atoms with van der Waals surface area (Å²) >= 11 is 0. The van der Waals surface area contributed by atoms with Crippen molar-refractivity contribution in [1.82, 2.24) is 19.3 Å². The molecule has 112 valence electrons. The van der Waals surface area contributed by atoms with E-state index < -0.39 is 5.95 Å². The van der Waals surface area contributed by atoms with Gasteiger partial charge in [0.15, 0.2) is 5.82 Å². The Labute approximate surface area is 126 Å². The Balaban J connectivity index is 1.69. The van der Waals surface area contributed by atoms with Gasteiger partial charge in [0.05, 0.1) is 12.1 Å². The van der Waals surface area contributed by atoms with E-state index in [0.29, 0.717) is 11.5 Å². The van der Waals surface area contributed by atoms with Gasteiger partial charge in [0.1, 0.15) is 0 Å². The topological polar surface area (TPSA) is 64.7 Å². The first-order chi connectivity index (χ1) is 10.6. The minimum absolute atomic E-state index is 0.159. The molecule has 1 N–H and O–H groups in total. The number of pyridine rings is 1. The largest absolute Gasteiger partial charge is 0.354 e. The van der Waals surface area contributed by atoms with Gasteiger partial charge in [-0.3, -0.25) is 4.79 Å². The molecule has 0 aliphatic rings. The summed E-state index contributed by atoms with van der Waals surface area (Å²) in [4.78, 5) is 15.5. The predicted molar refractivity (Wildman–Crippen MR) is 79.1 cm³/mol. The maximum Gasteiger partial charge on any atom is 0.231 e. The summed E-state index contributed by atoms with van der Waals surface area (Å²) in [5.41, 5.74) is 1.45. The smallest absolute Gasteiger partial charge is 0.231 e. The van der Waals surface area contributed by atoms with Gasteiger partial charge in [-0.05, 0) is 18.2 Å². The van der Waals surface area contributed by atoms with Crippen molar-refractivity contribution in [3.63, 3.8) is 0 Å². The van der Waals surface area contributed by atoms with Gasteiger partial charge in [0, 0.05) is 43.5 Å². The van der Waals surface area contributed by atoms with Crippen molar-refractivity contribution in [1.29, 1.82) is 0 Å². The molecule has 3 rings (SSSR count). The maximum absolute atomic E-state index is 13.1. The predicted octanol–water partition coefficient (Wildman–Crippen LogP) is 1.93. The summed E-state index contributed by atoms with van der Waals surface area (Å²) in [6.45, 7) is 0. The molecule has 0 aromatic carbocycles. The molecule has 3 heterocycles. The maximum atomic E-state index is 13.1. The van der Waals surface area contributed by atoms with Crippen LogP contribution in [-0.2, 0) is 18.3 Å². The number of halogens is 1. The van der Waals surface area contributed by atoms with Crippen LogP contribution >= 0.6 is 0 Å². The Bertz CT molecular complexity index is 808. The van der Waals surface area contributed by atoms with E-state index in [1.165, 1.54) is 16.9 Å². The van der Waals surface area contributed by atoms with E-state index in [9.17, 15) is 9.18 Å². The first kappa shape index (κ1) is 14.0. The number of nitrogens with zero attached hydrogens (tertiary/aromatic N) is 4. The van der Waals surface area contributed by atoms with Gasteiger partial charge < -0.3 is 9.88 Å². The zero-order valence-corrected chi connectivity index (χ0v) is 11.9. The molecule has 22 heavy (non-hydrogen) atoms. The van der Waals surface area contributed by atoms with Crippen LogP contribution < -0.4 is 5.32 Å². The van der Waals surface area contributed by atoms with E-state index in [2.05, 4.69) is 15.4 Å². The van der Waals surface area contributed by atoms with Gasteiger partial charge >= 0.3 is 0 Å². The molecule has 1 amide bonds. The SMILES string of the molecule is Cn1cccc1CC(=O)Nc1ccn(-c2ccnc(F)c2)n1. The molecule has 0 saturated heterocycles. The summed E-state index contributed by atoms with van der Waals surface area (Å²) in [6, 6.07) is 8.32. The van der Waals surface area contributed by atoms with Crippen LogP contribution in [0.1, 0.15) is 5.69 Å². The minimum Gasteiger partial charge on any atom is -0.354 e. The van der Waals surface area contributed by atoms with Gasteiger partial charge in [0.25, 0.3) is 0 Å². The molecule has 0 bridgehead atoms. The van der Waals surface area contributed by atoms with Crippen molar-refractivity contribution in [2.75, 3.05) is 5.32 Å². The van der Waals surface area contributed by atoms with E-state index in [0.717, 1.165) is 5.69 Å². The minimum atomic E-state index is -0.581. The molecule has 0 aliphatic heterocycles. The molecule has 0 fully saturated rings. The lowest BCUT2D eigenvalue weighted by molar-refractivity contribution is -0.115. The molecule has 7 heteroatoms. The molecule has 0 atom stereocenters. The highest BCUT2D eigenvalue weighted by Crippen LogP contribution is 2.11. The van der Waals surface area contributed by atoms with Gasteiger partial charge in [-0.2, -0.15) is 9.49 Å². The summed E-state index contributed by atoms with van der Waals surface area (Å²) in [7, 11) is 1.88. The quantitative estimate of drug-likeness (QED) is 0.749. The highest BCUT2D eigenvalue weighted by Gasteiger charge is 2.09. The van der Waals surface area contributed by atoms with Crippen LogP contribution in [-0.4, -0.2) is 25.2 Å². The zero-order valence-electron chi connectivity index (χ0n) is 11.9. The molecule has 6 nitrogen and oxygen atoms in total. The van der Waals surface area contributed by atoms with Crippen LogP contribution in [0.25, 0.3) is 5.69 Å². The highest BCUT2D eigenvalue weighted by molar-refractivity contribution is 5.91. The molecular formula is C15H14FN5O. The molecule has 0 radical (unpaired) electrons. The Morgan fingerprint density at radius 2 is 2.18 bits per heavy atom. The number of carbonyl (C=O) groups excluding carboxylic acids is 1. The standard InChI is InChI=1S/C15H14FN5O/c1-20-7-2-3-11(20)10-15(22)18-14-5-8-21(19-14)12-4-6-17-13(16)9-12/h2-9H,10H2,1H3,(H,18,19,22). The number of nitrogens with one attached hydrogen (secondary N) is 1. The molecule has 3 aromatic rings. The summed E-state index contributed by atoms with van der Waals surface area (Å²) in [5, 5.41) is 6.92. The lowest BCUT2D eigenvalue weighted by atomic mass is 10.3. The molecule has 0 spiro atoms. The van der Waals surface area contributed by atoms with Crippen LogP contribution in [0.2, 0.25) is 0 Å². The van der Waals surface area contributed by atoms with Crippen LogP contribution in [0.15, 0.2) is 48.9 Å². The first-order valence-electron chi connectivity index (χ1n) is 6.69. The average Bonchev–Trinajstić information content (AvgIpc) is 3.09. The molecule has 0 aliphatic carbocycles. The van der Waals surface area contributed by atoms with Crippen LogP contribution in [0.3, 0.4) is 0 Å². The number of rotatable bonds is 4. The number of anilines is 1. The van der Waals surface area contributed by atoms with Crippen molar-refractivity contribution in [3.05, 3.63) is 60.6 Å². The van der Waals surface area contributed by atoms with Crippen LogP contribution in [0.5, 0.6) is 0 Å². The van der Waals surface area contributed by atoms with E-state index >= 15 is 0 Å². The highest BCUT2D eigenvalue weighted by atomic mass is 19.1. The molecular weight excluding hydrogens is 285 g/mol. The average molecular weight is 299 g/mol. The fraction of sp³-hybridized carbons (Fsp3) is 0.133.